The fraction of sp³-hybridized carbons (Fsp3) is 0.333. The summed E-state index contributed by atoms with van der Waals surface area (Å²) in [5.41, 5.74) is -2.82. The Balaban J connectivity index is 1.63. The van der Waals surface area contributed by atoms with Crippen molar-refractivity contribution in [2.24, 2.45) is 0 Å². The third kappa shape index (κ3) is 4.98. The minimum atomic E-state index is -3.20. The van der Waals surface area contributed by atoms with Gasteiger partial charge in [-0.2, -0.15) is 0 Å². The van der Waals surface area contributed by atoms with E-state index in [0.717, 1.165) is 22.4 Å². The molecular formula is C24H23F3N2O5. The van der Waals surface area contributed by atoms with Gasteiger partial charge in [-0.3, -0.25) is 14.3 Å². The molecule has 0 amide bonds. The van der Waals surface area contributed by atoms with Crippen LogP contribution in [-0.2, 0) is 27.4 Å². The Kier molecular flexibility index (Phi) is 7.30. The van der Waals surface area contributed by atoms with E-state index in [9.17, 15) is 18.4 Å². The molecule has 7 nitrogen and oxygen atoms in total. The number of nitrogens with one attached hydrogen (secondary N) is 1. The summed E-state index contributed by atoms with van der Waals surface area (Å²) in [6, 6.07) is 18.5. The van der Waals surface area contributed by atoms with Crippen LogP contribution in [0.4, 0.5) is 13.2 Å². The average molecular weight is 476 g/mol. The zero-order valence-electron chi connectivity index (χ0n) is 18.0. The number of halogens is 3. The molecule has 1 aromatic heterocycles. The minimum Gasteiger partial charge on any atom is -0.373 e. The fourth-order valence-electron chi connectivity index (χ4n) is 3.86. The number of aromatic nitrogens is 2. The Labute approximate surface area is 192 Å². The molecule has 4 atom stereocenters. The van der Waals surface area contributed by atoms with Crippen LogP contribution in [0, 0.1) is 0 Å². The van der Waals surface area contributed by atoms with E-state index < -0.39 is 48.4 Å². The van der Waals surface area contributed by atoms with Crippen LogP contribution in [0.25, 0.3) is 0 Å². The smallest absolute Gasteiger partial charge is 0.330 e. The molecular weight excluding hydrogens is 453 g/mol. The highest BCUT2D eigenvalue weighted by atomic mass is 19.3. The van der Waals surface area contributed by atoms with Gasteiger partial charge in [-0.25, -0.2) is 18.0 Å². The van der Waals surface area contributed by atoms with E-state index in [2.05, 4.69) is 0 Å². The number of hydrogen-bond acceptors (Lipinski definition) is 5. The fourth-order valence-corrected chi connectivity index (χ4v) is 3.86. The van der Waals surface area contributed by atoms with Crippen molar-refractivity contribution < 1.29 is 27.4 Å². The predicted octanol–water partition coefficient (Wildman–Crippen LogP) is 3.21. The molecule has 3 aromatic rings. The summed E-state index contributed by atoms with van der Waals surface area (Å²) in [5, 5.41) is 0. The SMILES string of the molecule is O=c1ccn([C@@H]2O[C@@](COCc3ccccc3)(C(F)F)[C@@H](OCc3ccccc3)[C@H]2F)c(=O)[nH]1. The molecule has 10 heteroatoms. The lowest BCUT2D eigenvalue weighted by molar-refractivity contribution is -0.215. The van der Waals surface area contributed by atoms with E-state index in [1.165, 1.54) is 0 Å². The standard InChI is InChI=1S/C24H23F3N2O5/c25-19-20(33-14-17-9-5-2-6-10-17)24(22(26)27,15-32-13-16-7-3-1-4-8-16)34-21(19)29-12-11-18(30)28-23(29)31/h1-12,19-22H,13-15H2,(H,28,30,31)/t19-,20+,21-,24-/m1/s1. The van der Waals surface area contributed by atoms with Crippen molar-refractivity contribution in [1.82, 2.24) is 9.55 Å². The van der Waals surface area contributed by atoms with Crippen molar-refractivity contribution >= 4 is 0 Å². The van der Waals surface area contributed by atoms with Gasteiger partial charge in [0.1, 0.15) is 6.10 Å². The topological polar surface area (TPSA) is 82.5 Å². The number of alkyl halides is 3. The molecule has 34 heavy (non-hydrogen) atoms. The van der Waals surface area contributed by atoms with E-state index in [1.54, 1.807) is 60.7 Å². The second-order valence-corrected chi connectivity index (χ2v) is 7.92. The van der Waals surface area contributed by atoms with Crippen molar-refractivity contribution in [1.29, 1.82) is 0 Å². The van der Waals surface area contributed by atoms with Crippen molar-refractivity contribution in [3.05, 3.63) is 105 Å². The van der Waals surface area contributed by atoms with Crippen LogP contribution in [0.2, 0.25) is 0 Å². The van der Waals surface area contributed by atoms with Gasteiger partial charge in [-0.15, -0.1) is 0 Å². The molecule has 2 aromatic carbocycles. The highest BCUT2D eigenvalue weighted by molar-refractivity contribution is 5.15. The zero-order valence-corrected chi connectivity index (χ0v) is 18.0. The molecule has 1 aliphatic rings. The second kappa shape index (κ2) is 10.4. The molecule has 0 saturated carbocycles. The van der Waals surface area contributed by atoms with Crippen LogP contribution in [0.15, 0.2) is 82.5 Å². The van der Waals surface area contributed by atoms with Gasteiger partial charge in [0.15, 0.2) is 18.0 Å². The first kappa shape index (κ1) is 23.9. The highest BCUT2D eigenvalue weighted by Crippen LogP contribution is 2.44. The highest BCUT2D eigenvalue weighted by Gasteiger charge is 2.63. The van der Waals surface area contributed by atoms with Crippen molar-refractivity contribution in [2.45, 2.75) is 43.7 Å². The van der Waals surface area contributed by atoms with Gasteiger partial charge in [-0.1, -0.05) is 60.7 Å². The average Bonchev–Trinajstić information content (AvgIpc) is 3.11. The van der Waals surface area contributed by atoms with Crippen molar-refractivity contribution in [3.8, 4) is 0 Å². The number of aromatic amines is 1. The lowest BCUT2D eigenvalue weighted by Gasteiger charge is -2.33. The molecule has 4 rings (SSSR count). The van der Waals surface area contributed by atoms with E-state index in [1.807, 2.05) is 4.98 Å². The van der Waals surface area contributed by atoms with Gasteiger partial charge in [0.2, 0.25) is 0 Å². The number of nitrogens with zero attached hydrogens (tertiary/aromatic N) is 1. The largest absolute Gasteiger partial charge is 0.373 e. The Morgan fingerprint density at radius 1 is 0.971 bits per heavy atom. The third-order valence-electron chi connectivity index (χ3n) is 5.59. The van der Waals surface area contributed by atoms with Gasteiger partial charge in [0.05, 0.1) is 19.8 Å². The Bertz CT molecular complexity index is 1190. The normalized spacial score (nSPS) is 24.5. The van der Waals surface area contributed by atoms with E-state index in [0.29, 0.717) is 5.56 Å². The Morgan fingerprint density at radius 2 is 1.59 bits per heavy atom. The first-order valence-corrected chi connectivity index (χ1v) is 10.6. The molecule has 2 heterocycles. The summed E-state index contributed by atoms with van der Waals surface area (Å²) in [6.07, 6.45) is -7.86. The van der Waals surface area contributed by atoms with Crippen LogP contribution >= 0.6 is 0 Å². The van der Waals surface area contributed by atoms with Gasteiger partial charge >= 0.3 is 5.69 Å². The summed E-state index contributed by atoms with van der Waals surface area (Å²) in [7, 11) is 0. The van der Waals surface area contributed by atoms with Gasteiger partial charge in [0.25, 0.3) is 12.0 Å². The van der Waals surface area contributed by atoms with Crippen LogP contribution in [0.1, 0.15) is 17.4 Å². The van der Waals surface area contributed by atoms with Crippen LogP contribution < -0.4 is 11.2 Å². The molecule has 1 N–H and O–H groups in total. The first-order chi connectivity index (χ1) is 16.4. The Morgan fingerprint density at radius 3 is 2.18 bits per heavy atom. The molecule has 180 valence electrons. The Hall–Kier alpha value is -3.21. The quantitative estimate of drug-likeness (QED) is 0.513. The number of benzene rings is 2. The maximum absolute atomic E-state index is 15.6. The monoisotopic (exact) mass is 476 g/mol. The number of H-pyrrole nitrogens is 1. The molecule has 1 fully saturated rings. The number of rotatable bonds is 9. The number of hydrogen-bond donors (Lipinski definition) is 1. The van der Waals surface area contributed by atoms with Crippen LogP contribution in [-0.4, -0.2) is 40.5 Å². The molecule has 0 unspecified atom stereocenters. The van der Waals surface area contributed by atoms with E-state index in [-0.39, 0.29) is 13.2 Å². The maximum Gasteiger partial charge on any atom is 0.330 e. The lowest BCUT2D eigenvalue weighted by Crippen LogP contribution is -2.53. The van der Waals surface area contributed by atoms with Gasteiger partial charge in [0, 0.05) is 12.3 Å². The predicted molar refractivity (Wildman–Crippen MR) is 116 cm³/mol. The molecule has 0 bridgehead atoms. The first-order valence-electron chi connectivity index (χ1n) is 10.6. The molecule has 0 spiro atoms. The number of ether oxygens (including phenoxy) is 3. The zero-order chi connectivity index (χ0) is 24.1. The summed E-state index contributed by atoms with van der Waals surface area (Å²) in [6.45, 7) is -0.853. The minimum absolute atomic E-state index is 0.00962. The lowest BCUT2D eigenvalue weighted by atomic mass is 9.96. The molecule has 0 aliphatic carbocycles. The summed E-state index contributed by atoms with van der Waals surface area (Å²) in [5.74, 6) is 0. The van der Waals surface area contributed by atoms with Crippen molar-refractivity contribution in [3.63, 3.8) is 0 Å². The van der Waals surface area contributed by atoms with Crippen LogP contribution in [0.3, 0.4) is 0 Å². The summed E-state index contributed by atoms with van der Waals surface area (Å²) >= 11 is 0. The van der Waals surface area contributed by atoms with E-state index in [4.69, 9.17) is 14.2 Å². The third-order valence-corrected chi connectivity index (χ3v) is 5.59. The van der Waals surface area contributed by atoms with Crippen molar-refractivity contribution in [2.75, 3.05) is 6.61 Å². The van der Waals surface area contributed by atoms with Gasteiger partial charge in [-0.05, 0) is 11.1 Å². The summed E-state index contributed by atoms with van der Waals surface area (Å²) < 4.78 is 62.1. The molecule has 1 aliphatic heterocycles. The second-order valence-electron chi connectivity index (χ2n) is 7.92. The van der Waals surface area contributed by atoms with Crippen LogP contribution in [0.5, 0.6) is 0 Å². The summed E-state index contributed by atoms with van der Waals surface area (Å²) in [4.78, 5) is 25.6. The maximum atomic E-state index is 15.6. The van der Waals surface area contributed by atoms with Gasteiger partial charge < -0.3 is 14.2 Å². The molecule has 0 radical (unpaired) electrons. The van der Waals surface area contributed by atoms with E-state index >= 15 is 4.39 Å². The molecule has 1 saturated heterocycles.